The number of rotatable bonds is 9. The molecule has 4 aromatic rings. The van der Waals surface area contributed by atoms with Gasteiger partial charge in [0, 0.05) is 10.9 Å². The molecule has 0 amide bonds. The summed E-state index contributed by atoms with van der Waals surface area (Å²) in [6, 6.07) is 14.2. The molecule has 7 nitrogen and oxygen atoms in total. The van der Waals surface area contributed by atoms with E-state index in [0.29, 0.717) is 58.3 Å². The number of phenols is 1. The maximum atomic E-state index is 12.4. The molecular weight excluding hydrogens is 460 g/mol. The van der Waals surface area contributed by atoms with Gasteiger partial charge in [-0.25, -0.2) is 0 Å². The van der Waals surface area contributed by atoms with Crippen LogP contribution in [0.2, 0.25) is 0 Å². The molecule has 0 fully saturated rings. The average molecular weight is 493 g/mol. The standard InChI is InChI=1S/C29H32O7/c1-7-14-29(31,19-15-23(33-4)28(35-6)24(16-19)34-5)26-17(2)36-27-21(26)12-13-22(32-3)25(27)18-8-10-20(30)11-9-18/h8-13,15-16,30-31H,7,14H2,1-6H3. The third-order valence-corrected chi connectivity index (χ3v) is 6.54. The summed E-state index contributed by atoms with van der Waals surface area (Å²) in [5.41, 5.74) is 2.02. The highest BCUT2D eigenvalue weighted by Crippen LogP contribution is 2.49. The summed E-state index contributed by atoms with van der Waals surface area (Å²) in [7, 11) is 6.25. The third-order valence-electron chi connectivity index (χ3n) is 6.54. The predicted octanol–water partition coefficient (Wildman–Crippen LogP) is 6.18. The van der Waals surface area contributed by atoms with Crippen molar-refractivity contribution in [1.29, 1.82) is 0 Å². The number of methoxy groups -OCH3 is 4. The Hall–Kier alpha value is -3.84. The normalized spacial score (nSPS) is 12.9. The van der Waals surface area contributed by atoms with Crippen LogP contribution in [-0.4, -0.2) is 38.7 Å². The van der Waals surface area contributed by atoms with Crippen molar-refractivity contribution < 1.29 is 33.6 Å². The lowest BCUT2D eigenvalue weighted by Crippen LogP contribution is -2.28. The van der Waals surface area contributed by atoms with Gasteiger partial charge in [-0.1, -0.05) is 25.5 Å². The average Bonchev–Trinajstić information content (AvgIpc) is 3.23. The molecule has 1 aromatic heterocycles. The lowest BCUT2D eigenvalue weighted by atomic mass is 9.80. The number of fused-ring (bicyclic) bond motifs is 1. The second-order valence-electron chi connectivity index (χ2n) is 8.62. The van der Waals surface area contributed by atoms with E-state index in [1.807, 2.05) is 38.1 Å². The van der Waals surface area contributed by atoms with Crippen LogP contribution in [0.3, 0.4) is 0 Å². The number of aliphatic hydroxyl groups is 1. The van der Waals surface area contributed by atoms with Crippen molar-refractivity contribution in [2.45, 2.75) is 32.3 Å². The molecule has 0 bridgehead atoms. The van der Waals surface area contributed by atoms with E-state index in [1.165, 1.54) is 0 Å². The molecule has 3 aromatic carbocycles. The monoisotopic (exact) mass is 492 g/mol. The number of hydrogen-bond acceptors (Lipinski definition) is 7. The van der Waals surface area contributed by atoms with Gasteiger partial charge in [-0.15, -0.1) is 0 Å². The zero-order valence-corrected chi connectivity index (χ0v) is 21.5. The molecule has 0 aliphatic carbocycles. The summed E-state index contributed by atoms with van der Waals surface area (Å²) in [6.45, 7) is 3.87. The van der Waals surface area contributed by atoms with Crippen LogP contribution in [-0.2, 0) is 5.60 Å². The van der Waals surface area contributed by atoms with E-state index in [1.54, 1.807) is 52.7 Å². The number of benzene rings is 3. The van der Waals surface area contributed by atoms with Gasteiger partial charge in [0.15, 0.2) is 11.5 Å². The van der Waals surface area contributed by atoms with Gasteiger partial charge in [-0.2, -0.15) is 0 Å². The number of aromatic hydroxyl groups is 1. The molecule has 0 saturated heterocycles. The van der Waals surface area contributed by atoms with Crippen LogP contribution >= 0.6 is 0 Å². The Balaban J connectivity index is 2.03. The van der Waals surface area contributed by atoms with E-state index in [4.69, 9.17) is 23.4 Å². The highest BCUT2D eigenvalue weighted by atomic mass is 16.5. The molecule has 1 atom stereocenters. The van der Waals surface area contributed by atoms with Crippen molar-refractivity contribution in [3.05, 3.63) is 65.4 Å². The molecule has 2 N–H and O–H groups in total. The minimum atomic E-state index is -1.41. The SMILES string of the molecule is CCCC(O)(c1cc(OC)c(OC)c(OC)c1)c1c(C)oc2c(-c3ccc(O)cc3)c(OC)ccc12. The van der Waals surface area contributed by atoms with Gasteiger partial charge in [0.05, 0.1) is 34.0 Å². The molecule has 36 heavy (non-hydrogen) atoms. The maximum Gasteiger partial charge on any atom is 0.203 e. The first-order chi connectivity index (χ1) is 17.3. The van der Waals surface area contributed by atoms with Crippen LogP contribution in [0.25, 0.3) is 22.1 Å². The van der Waals surface area contributed by atoms with Gasteiger partial charge in [0.2, 0.25) is 5.75 Å². The minimum absolute atomic E-state index is 0.168. The summed E-state index contributed by atoms with van der Waals surface area (Å²) < 4.78 is 28.6. The van der Waals surface area contributed by atoms with E-state index in [-0.39, 0.29) is 5.75 Å². The molecule has 1 unspecified atom stereocenters. The molecule has 0 aliphatic rings. The predicted molar refractivity (Wildman–Crippen MR) is 139 cm³/mol. The Morgan fingerprint density at radius 1 is 0.833 bits per heavy atom. The zero-order chi connectivity index (χ0) is 26.0. The van der Waals surface area contributed by atoms with Crippen LogP contribution in [0.15, 0.2) is 52.9 Å². The molecule has 7 heteroatoms. The summed E-state index contributed by atoms with van der Waals surface area (Å²) in [6.07, 6.45) is 1.14. The van der Waals surface area contributed by atoms with Crippen LogP contribution in [0.1, 0.15) is 36.7 Å². The molecule has 0 saturated carbocycles. The van der Waals surface area contributed by atoms with E-state index < -0.39 is 5.60 Å². The fourth-order valence-corrected chi connectivity index (χ4v) is 4.94. The van der Waals surface area contributed by atoms with Gasteiger partial charge in [0.25, 0.3) is 0 Å². The van der Waals surface area contributed by atoms with Crippen molar-refractivity contribution in [3.63, 3.8) is 0 Å². The number of furan rings is 1. The Morgan fingerprint density at radius 3 is 1.97 bits per heavy atom. The Bertz CT molecular complexity index is 1350. The lowest BCUT2D eigenvalue weighted by Gasteiger charge is -2.30. The summed E-state index contributed by atoms with van der Waals surface area (Å²) in [5.74, 6) is 2.75. The number of aryl methyl sites for hydroxylation is 1. The first kappa shape index (κ1) is 25.3. The largest absolute Gasteiger partial charge is 0.508 e. The molecule has 1 heterocycles. The quantitative estimate of drug-likeness (QED) is 0.288. The Labute approximate surface area is 210 Å². The van der Waals surface area contributed by atoms with Crippen molar-refractivity contribution in [3.8, 4) is 39.9 Å². The van der Waals surface area contributed by atoms with E-state index in [2.05, 4.69) is 0 Å². The summed E-state index contributed by atoms with van der Waals surface area (Å²) >= 11 is 0. The number of phenolic OH excluding ortho intramolecular Hbond substituents is 1. The van der Waals surface area contributed by atoms with Gasteiger partial charge in [-0.3, -0.25) is 0 Å². The fraction of sp³-hybridized carbons (Fsp3) is 0.310. The van der Waals surface area contributed by atoms with E-state index in [0.717, 1.165) is 16.5 Å². The van der Waals surface area contributed by atoms with Crippen molar-refractivity contribution in [2.24, 2.45) is 0 Å². The minimum Gasteiger partial charge on any atom is -0.508 e. The first-order valence-electron chi connectivity index (χ1n) is 11.8. The van der Waals surface area contributed by atoms with E-state index >= 15 is 0 Å². The van der Waals surface area contributed by atoms with Crippen LogP contribution in [0.4, 0.5) is 0 Å². The fourth-order valence-electron chi connectivity index (χ4n) is 4.94. The molecule has 0 aliphatic heterocycles. The van der Waals surface area contributed by atoms with Crippen LogP contribution < -0.4 is 18.9 Å². The Morgan fingerprint density at radius 2 is 1.44 bits per heavy atom. The number of hydrogen-bond donors (Lipinski definition) is 2. The highest BCUT2D eigenvalue weighted by Gasteiger charge is 2.38. The Kier molecular flexibility index (Phi) is 7.04. The van der Waals surface area contributed by atoms with Crippen molar-refractivity contribution >= 4 is 11.0 Å². The molecule has 0 spiro atoms. The first-order valence-corrected chi connectivity index (χ1v) is 11.8. The zero-order valence-electron chi connectivity index (χ0n) is 21.5. The molecule has 0 radical (unpaired) electrons. The van der Waals surface area contributed by atoms with Gasteiger partial charge in [0.1, 0.15) is 28.4 Å². The highest BCUT2D eigenvalue weighted by molar-refractivity contribution is 5.99. The number of ether oxygens (including phenoxy) is 4. The van der Waals surface area contributed by atoms with Gasteiger partial charge >= 0.3 is 0 Å². The van der Waals surface area contributed by atoms with Gasteiger partial charge in [-0.05, 0) is 60.9 Å². The molecule has 190 valence electrons. The smallest absolute Gasteiger partial charge is 0.203 e. The van der Waals surface area contributed by atoms with E-state index in [9.17, 15) is 10.2 Å². The van der Waals surface area contributed by atoms with Gasteiger partial charge < -0.3 is 33.6 Å². The second kappa shape index (κ2) is 10.0. The van der Waals surface area contributed by atoms with Crippen LogP contribution in [0.5, 0.6) is 28.7 Å². The summed E-state index contributed by atoms with van der Waals surface area (Å²) in [4.78, 5) is 0. The third kappa shape index (κ3) is 4.09. The topological polar surface area (TPSA) is 90.5 Å². The summed E-state index contributed by atoms with van der Waals surface area (Å²) in [5, 5.41) is 22.9. The lowest BCUT2D eigenvalue weighted by molar-refractivity contribution is 0.0693. The van der Waals surface area contributed by atoms with Crippen molar-refractivity contribution in [2.75, 3.05) is 28.4 Å². The second-order valence-corrected chi connectivity index (χ2v) is 8.62. The van der Waals surface area contributed by atoms with Crippen molar-refractivity contribution in [1.82, 2.24) is 0 Å². The van der Waals surface area contributed by atoms with Crippen LogP contribution in [0, 0.1) is 6.92 Å². The molecule has 4 rings (SSSR count). The maximum absolute atomic E-state index is 12.4. The molecular formula is C29H32O7.